The van der Waals surface area contributed by atoms with E-state index in [0.717, 1.165) is 0 Å². The zero-order chi connectivity index (χ0) is 17.3. The number of pyridine rings is 1. The number of hydrogen-bond acceptors (Lipinski definition) is 8. The highest BCUT2D eigenvalue weighted by Crippen LogP contribution is 2.36. The van der Waals surface area contributed by atoms with E-state index in [0.29, 0.717) is 16.8 Å². The second-order valence-electron chi connectivity index (χ2n) is 4.77. The molecule has 1 atom stereocenters. The highest BCUT2D eigenvalue weighted by atomic mass is 15.0. The lowest BCUT2D eigenvalue weighted by molar-refractivity contribution is 0.797. The summed E-state index contributed by atoms with van der Waals surface area (Å²) in [5, 5.41) is 48.4. The van der Waals surface area contributed by atoms with Crippen LogP contribution in [0.4, 0.5) is 0 Å². The topological polar surface area (TPSA) is 156 Å². The quantitative estimate of drug-likeness (QED) is 0.693. The van der Waals surface area contributed by atoms with Gasteiger partial charge in [-0.15, -0.1) is 0 Å². The SMILES string of the molecule is N#C/N=C1\C2=C(C=C(C#N)C(C#N)N2)c2cc(C#N)c(C#N)nc21. The van der Waals surface area contributed by atoms with E-state index in [4.69, 9.17) is 15.8 Å². The molecule has 1 aromatic heterocycles. The molecule has 1 unspecified atom stereocenters. The summed E-state index contributed by atoms with van der Waals surface area (Å²) in [7, 11) is 0. The molecule has 0 radical (unpaired) electrons. The number of nitrogens with zero attached hydrogens (tertiary/aromatic N) is 7. The van der Waals surface area contributed by atoms with Crippen LogP contribution in [-0.4, -0.2) is 16.7 Å². The van der Waals surface area contributed by atoms with Crippen molar-refractivity contribution in [2.24, 2.45) is 4.99 Å². The number of aromatic nitrogens is 1. The molecule has 2 heterocycles. The standard InChI is InChI=1S/C16H4N8/c17-3-8-1-10-11-2-9(4-18)13(6-20)24-15(11)16(22-7-21)14(10)23-12(8)5-19/h1-2,12,23H/b22-16+. The number of allylic oxidation sites excluding steroid dienone is 3. The Morgan fingerprint density at radius 1 is 1.08 bits per heavy atom. The molecule has 108 valence electrons. The fourth-order valence-electron chi connectivity index (χ4n) is 2.56. The van der Waals surface area contributed by atoms with E-state index in [1.54, 1.807) is 6.19 Å². The van der Waals surface area contributed by atoms with E-state index in [1.807, 2.05) is 24.3 Å². The Morgan fingerprint density at radius 2 is 1.88 bits per heavy atom. The molecule has 1 aliphatic heterocycles. The Labute approximate surface area is 136 Å². The zero-order valence-electron chi connectivity index (χ0n) is 11.9. The number of nitrogens with one attached hydrogen (secondary N) is 1. The van der Waals surface area contributed by atoms with Crippen molar-refractivity contribution in [3.8, 4) is 30.5 Å². The number of hydrogen-bond donors (Lipinski definition) is 1. The lowest BCUT2D eigenvalue weighted by atomic mass is 9.97. The maximum Gasteiger partial charge on any atom is 0.206 e. The first-order chi connectivity index (χ1) is 11.7. The van der Waals surface area contributed by atoms with E-state index in [9.17, 15) is 10.5 Å². The summed E-state index contributed by atoms with van der Waals surface area (Å²) in [6, 6.07) is 8.21. The maximum absolute atomic E-state index is 9.19. The minimum Gasteiger partial charge on any atom is -0.363 e. The Bertz CT molecular complexity index is 1080. The first kappa shape index (κ1) is 14.5. The lowest BCUT2D eigenvalue weighted by Gasteiger charge is -2.19. The van der Waals surface area contributed by atoms with Gasteiger partial charge in [-0.2, -0.15) is 31.3 Å². The Morgan fingerprint density at radius 3 is 2.46 bits per heavy atom. The average Bonchev–Trinajstić information content (AvgIpc) is 2.91. The first-order valence-electron chi connectivity index (χ1n) is 6.53. The van der Waals surface area contributed by atoms with Crippen molar-refractivity contribution in [3.63, 3.8) is 0 Å². The molecule has 24 heavy (non-hydrogen) atoms. The summed E-state index contributed by atoms with van der Waals surface area (Å²) < 4.78 is 0. The third kappa shape index (κ3) is 1.88. The summed E-state index contributed by atoms with van der Waals surface area (Å²) in [5.74, 6) is 0. The van der Waals surface area contributed by atoms with Gasteiger partial charge in [-0.3, -0.25) is 0 Å². The molecule has 1 aliphatic carbocycles. The van der Waals surface area contributed by atoms with E-state index < -0.39 is 6.04 Å². The van der Waals surface area contributed by atoms with E-state index in [1.165, 1.54) is 12.1 Å². The van der Waals surface area contributed by atoms with Crippen LogP contribution < -0.4 is 5.32 Å². The van der Waals surface area contributed by atoms with Gasteiger partial charge in [0.15, 0.2) is 5.69 Å². The van der Waals surface area contributed by atoms with Crippen LogP contribution in [0, 0.1) is 56.8 Å². The van der Waals surface area contributed by atoms with Crippen LogP contribution in [0.15, 0.2) is 28.4 Å². The molecule has 3 rings (SSSR count). The fourth-order valence-corrected chi connectivity index (χ4v) is 2.56. The third-order valence-electron chi connectivity index (χ3n) is 3.59. The van der Waals surface area contributed by atoms with Gasteiger partial charge >= 0.3 is 0 Å². The summed E-state index contributed by atoms with van der Waals surface area (Å²) in [5.41, 5.74) is 2.00. The normalized spacial score (nSPS) is 18.7. The predicted octanol–water partition coefficient (Wildman–Crippen LogP) is 0.765. The van der Waals surface area contributed by atoms with Crippen molar-refractivity contribution in [3.05, 3.63) is 45.9 Å². The fraction of sp³-hybridized carbons (Fsp3) is 0.0625. The number of fused-ring (bicyclic) bond motifs is 2. The van der Waals surface area contributed by atoms with Crippen LogP contribution in [-0.2, 0) is 0 Å². The molecule has 0 saturated heterocycles. The maximum atomic E-state index is 9.19. The molecule has 0 aromatic carbocycles. The molecular weight excluding hydrogens is 304 g/mol. The van der Waals surface area contributed by atoms with Gasteiger partial charge < -0.3 is 5.32 Å². The van der Waals surface area contributed by atoms with Crippen molar-refractivity contribution in [2.75, 3.05) is 0 Å². The van der Waals surface area contributed by atoms with Crippen LogP contribution in [0.5, 0.6) is 0 Å². The van der Waals surface area contributed by atoms with Crippen LogP contribution in [0.25, 0.3) is 5.57 Å². The summed E-state index contributed by atoms with van der Waals surface area (Å²) in [4.78, 5) is 7.85. The molecule has 8 heteroatoms. The molecule has 0 spiro atoms. The third-order valence-corrected chi connectivity index (χ3v) is 3.59. The van der Waals surface area contributed by atoms with Gasteiger partial charge in [0.25, 0.3) is 0 Å². The number of aliphatic imine (C=N–C) groups is 1. The zero-order valence-corrected chi connectivity index (χ0v) is 11.9. The highest BCUT2D eigenvalue weighted by Gasteiger charge is 2.35. The summed E-state index contributed by atoms with van der Waals surface area (Å²) in [6.45, 7) is 0. The molecular formula is C16H4N8. The van der Waals surface area contributed by atoms with Gasteiger partial charge in [-0.1, -0.05) is 0 Å². The molecule has 8 nitrogen and oxygen atoms in total. The van der Waals surface area contributed by atoms with Gasteiger partial charge in [0, 0.05) is 11.1 Å². The largest absolute Gasteiger partial charge is 0.363 e. The van der Waals surface area contributed by atoms with Crippen LogP contribution >= 0.6 is 0 Å². The smallest absolute Gasteiger partial charge is 0.206 e. The molecule has 0 amide bonds. The van der Waals surface area contributed by atoms with Crippen LogP contribution in [0.2, 0.25) is 0 Å². The van der Waals surface area contributed by atoms with Gasteiger partial charge in [0.2, 0.25) is 6.19 Å². The van der Waals surface area contributed by atoms with Crippen LogP contribution in [0.3, 0.4) is 0 Å². The Balaban J connectivity index is 2.33. The second kappa shape index (κ2) is 5.39. The minimum atomic E-state index is -0.877. The van der Waals surface area contributed by atoms with Gasteiger partial charge in [0.1, 0.15) is 29.6 Å². The Hall–Kier alpha value is -4.45. The van der Waals surface area contributed by atoms with Gasteiger partial charge in [0.05, 0.1) is 29.0 Å². The molecule has 1 aromatic rings. The van der Waals surface area contributed by atoms with Crippen molar-refractivity contribution in [1.29, 1.82) is 26.3 Å². The average molecular weight is 308 g/mol. The van der Waals surface area contributed by atoms with Crippen molar-refractivity contribution in [1.82, 2.24) is 10.3 Å². The van der Waals surface area contributed by atoms with Gasteiger partial charge in [-0.05, 0) is 12.1 Å². The van der Waals surface area contributed by atoms with E-state index >= 15 is 0 Å². The molecule has 1 N–H and O–H groups in total. The minimum absolute atomic E-state index is 0.0793. The molecule has 0 bridgehead atoms. The van der Waals surface area contributed by atoms with Gasteiger partial charge in [-0.25, -0.2) is 4.98 Å². The summed E-state index contributed by atoms with van der Waals surface area (Å²) in [6.07, 6.45) is 3.17. The monoisotopic (exact) mass is 308 g/mol. The van der Waals surface area contributed by atoms with E-state index in [2.05, 4.69) is 15.3 Å². The van der Waals surface area contributed by atoms with Crippen molar-refractivity contribution < 1.29 is 0 Å². The highest BCUT2D eigenvalue weighted by molar-refractivity contribution is 6.24. The first-order valence-corrected chi connectivity index (χ1v) is 6.53. The lowest BCUT2D eigenvalue weighted by Crippen LogP contribution is -2.33. The molecule has 2 aliphatic rings. The summed E-state index contributed by atoms with van der Waals surface area (Å²) >= 11 is 0. The molecule has 0 saturated carbocycles. The van der Waals surface area contributed by atoms with Crippen molar-refractivity contribution >= 4 is 11.3 Å². The van der Waals surface area contributed by atoms with Crippen LogP contribution in [0.1, 0.15) is 22.5 Å². The van der Waals surface area contributed by atoms with Crippen molar-refractivity contribution in [2.45, 2.75) is 6.04 Å². The predicted molar refractivity (Wildman–Crippen MR) is 79.0 cm³/mol. The Kier molecular flexibility index (Phi) is 3.25. The number of rotatable bonds is 0. The number of dihydropyridines is 1. The second-order valence-corrected chi connectivity index (χ2v) is 4.77. The number of nitriles is 5. The van der Waals surface area contributed by atoms with E-state index in [-0.39, 0.29) is 28.2 Å². The molecule has 0 fully saturated rings.